The van der Waals surface area contributed by atoms with Gasteiger partial charge in [-0.25, -0.2) is 4.79 Å². The van der Waals surface area contributed by atoms with Crippen molar-refractivity contribution in [2.45, 2.75) is 38.4 Å². The van der Waals surface area contributed by atoms with Crippen LogP contribution in [-0.2, 0) is 6.54 Å². The average molecular weight is 264 g/mol. The van der Waals surface area contributed by atoms with Crippen molar-refractivity contribution in [3.8, 4) is 0 Å². The first-order valence-electron chi connectivity index (χ1n) is 6.93. The number of aromatic carboxylic acids is 1. The fourth-order valence-electron chi connectivity index (χ4n) is 3.31. The summed E-state index contributed by atoms with van der Waals surface area (Å²) in [4.78, 5) is 16.0. The molecule has 2 aliphatic heterocycles. The van der Waals surface area contributed by atoms with Crippen molar-refractivity contribution in [3.63, 3.8) is 0 Å². The van der Waals surface area contributed by atoms with Gasteiger partial charge in [-0.3, -0.25) is 9.80 Å². The molecule has 2 saturated heterocycles. The number of fused-ring (bicyclic) bond motifs is 1. The van der Waals surface area contributed by atoms with Crippen molar-refractivity contribution in [2.24, 2.45) is 0 Å². The lowest BCUT2D eigenvalue weighted by atomic mass is 10.1. The van der Waals surface area contributed by atoms with Crippen LogP contribution < -0.4 is 0 Å². The summed E-state index contributed by atoms with van der Waals surface area (Å²) >= 11 is 0. The SMILES string of the molecule is CC1CN2CCCC2CN1Cc1occc1C(=O)O. The maximum Gasteiger partial charge on any atom is 0.339 e. The summed E-state index contributed by atoms with van der Waals surface area (Å²) < 4.78 is 5.35. The topological polar surface area (TPSA) is 56.9 Å². The van der Waals surface area contributed by atoms with E-state index in [4.69, 9.17) is 9.52 Å². The molecule has 2 fully saturated rings. The van der Waals surface area contributed by atoms with E-state index in [1.807, 2.05) is 0 Å². The lowest BCUT2D eigenvalue weighted by molar-refractivity contribution is 0.0483. The zero-order valence-corrected chi connectivity index (χ0v) is 11.2. The Morgan fingerprint density at radius 1 is 1.53 bits per heavy atom. The molecular weight excluding hydrogens is 244 g/mol. The van der Waals surface area contributed by atoms with Gasteiger partial charge in [0.1, 0.15) is 11.3 Å². The number of furan rings is 1. The molecule has 0 radical (unpaired) electrons. The summed E-state index contributed by atoms with van der Waals surface area (Å²) in [6, 6.07) is 2.62. The largest absolute Gasteiger partial charge is 0.478 e. The molecule has 2 unspecified atom stereocenters. The molecule has 0 aromatic carbocycles. The molecule has 3 heterocycles. The molecule has 0 amide bonds. The van der Waals surface area contributed by atoms with Gasteiger partial charge in [0.2, 0.25) is 0 Å². The number of piperazine rings is 1. The zero-order valence-electron chi connectivity index (χ0n) is 11.2. The number of hydrogen-bond donors (Lipinski definition) is 1. The summed E-state index contributed by atoms with van der Waals surface area (Å²) in [5, 5.41) is 9.11. The first-order valence-corrected chi connectivity index (χ1v) is 6.93. The Morgan fingerprint density at radius 2 is 2.37 bits per heavy atom. The Balaban J connectivity index is 1.72. The van der Waals surface area contributed by atoms with Gasteiger partial charge in [-0.2, -0.15) is 0 Å². The molecule has 2 atom stereocenters. The summed E-state index contributed by atoms with van der Waals surface area (Å²) in [6.45, 7) is 6.11. The van der Waals surface area contributed by atoms with E-state index in [1.165, 1.54) is 31.7 Å². The molecule has 1 aromatic rings. The number of carboxylic acid groups (broad SMARTS) is 1. The third kappa shape index (κ3) is 2.40. The van der Waals surface area contributed by atoms with E-state index in [9.17, 15) is 4.79 Å². The van der Waals surface area contributed by atoms with Gasteiger partial charge >= 0.3 is 5.97 Å². The van der Waals surface area contributed by atoms with Crippen LogP contribution in [0.5, 0.6) is 0 Å². The standard InChI is InChI=1S/C14H20N2O3/c1-10-7-15-5-2-3-11(15)8-16(10)9-13-12(14(17)18)4-6-19-13/h4,6,10-11H,2-3,5,7-9H2,1H3,(H,17,18). The van der Waals surface area contributed by atoms with Crippen LogP contribution in [0, 0.1) is 0 Å². The molecule has 0 saturated carbocycles. The number of rotatable bonds is 3. The highest BCUT2D eigenvalue weighted by molar-refractivity contribution is 5.88. The van der Waals surface area contributed by atoms with E-state index in [2.05, 4.69) is 16.7 Å². The molecule has 0 aliphatic carbocycles. The molecule has 5 nitrogen and oxygen atoms in total. The summed E-state index contributed by atoms with van der Waals surface area (Å²) in [5.41, 5.74) is 0.293. The first kappa shape index (κ1) is 12.7. The van der Waals surface area contributed by atoms with E-state index in [0.717, 1.165) is 13.1 Å². The fourth-order valence-corrected chi connectivity index (χ4v) is 3.31. The number of nitrogens with zero attached hydrogens (tertiary/aromatic N) is 2. The molecule has 19 heavy (non-hydrogen) atoms. The van der Waals surface area contributed by atoms with Crippen LogP contribution in [0.3, 0.4) is 0 Å². The maximum atomic E-state index is 11.1. The van der Waals surface area contributed by atoms with Crippen molar-refractivity contribution in [1.29, 1.82) is 0 Å². The molecule has 0 bridgehead atoms. The Labute approximate surface area is 112 Å². The second-order valence-electron chi connectivity index (χ2n) is 5.63. The van der Waals surface area contributed by atoms with Crippen LogP contribution in [0.4, 0.5) is 0 Å². The Morgan fingerprint density at radius 3 is 3.16 bits per heavy atom. The lowest BCUT2D eigenvalue weighted by Gasteiger charge is -2.42. The minimum Gasteiger partial charge on any atom is -0.478 e. The molecule has 2 aliphatic rings. The highest BCUT2D eigenvalue weighted by Crippen LogP contribution is 2.26. The van der Waals surface area contributed by atoms with Crippen LogP contribution >= 0.6 is 0 Å². The quantitative estimate of drug-likeness (QED) is 0.899. The second-order valence-corrected chi connectivity index (χ2v) is 5.63. The normalized spacial score (nSPS) is 28.5. The maximum absolute atomic E-state index is 11.1. The van der Waals surface area contributed by atoms with Gasteiger partial charge < -0.3 is 9.52 Å². The Hall–Kier alpha value is -1.33. The molecular formula is C14H20N2O3. The third-order valence-electron chi connectivity index (χ3n) is 4.39. The van der Waals surface area contributed by atoms with Gasteiger partial charge in [-0.05, 0) is 32.4 Å². The predicted octanol–water partition coefficient (Wildman–Crippen LogP) is 1.65. The number of carbonyl (C=O) groups is 1. The van der Waals surface area contributed by atoms with Gasteiger partial charge in [-0.15, -0.1) is 0 Å². The van der Waals surface area contributed by atoms with Crippen LogP contribution in [0.15, 0.2) is 16.7 Å². The Bertz CT molecular complexity index is 471. The Kier molecular flexibility index (Phi) is 3.33. The molecule has 0 spiro atoms. The van der Waals surface area contributed by atoms with Crippen molar-refractivity contribution in [1.82, 2.24) is 9.80 Å². The van der Waals surface area contributed by atoms with E-state index in [1.54, 1.807) is 0 Å². The minimum absolute atomic E-state index is 0.293. The van der Waals surface area contributed by atoms with Crippen LogP contribution in [0.25, 0.3) is 0 Å². The van der Waals surface area contributed by atoms with Gasteiger partial charge in [0.25, 0.3) is 0 Å². The van der Waals surface area contributed by atoms with Gasteiger partial charge in [-0.1, -0.05) is 0 Å². The predicted molar refractivity (Wildman–Crippen MR) is 70.1 cm³/mol. The summed E-state index contributed by atoms with van der Waals surface area (Å²) in [7, 11) is 0. The van der Waals surface area contributed by atoms with Gasteiger partial charge in [0.05, 0.1) is 12.8 Å². The molecule has 1 aromatic heterocycles. The van der Waals surface area contributed by atoms with Crippen molar-refractivity contribution in [3.05, 3.63) is 23.7 Å². The molecule has 3 rings (SSSR count). The van der Waals surface area contributed by atoms with Crippen molar-refractivity contribution in [2.75, 3.05) is 19.6 Å². The van der Waals surface area contributed by atoms with E-state index in [-0.39, 0.29) is 0 Å². The lowest BCUT2D eigenvalue weighted by Crippen LogP contribution is -2.54. The highest BCUT2D eigenvalue weighted by atomic mass is 16.4. The van der Waals surface area contributed by atoms with Gasteiger partial charge in [0.15, 0.2) is 0 Å². The van der Waals surface area contributed by atoms with E-state index < -0.39 is 5.97 Å². The molecule has 5 heteroatoms. The van der Waals surface area contributed by atoms with Crippen molar-refractivity contribution < 1.29 is 14.3 Å². The van der Waals surface area contributed by atoms with Gasteiger partial charge in [0, 0.05) is 25.2 Å². The zero-order chi connectivity index (χ0) is 13.4. The van der Waals surface area contributed by atoms with Crippen LogP contribution in [0.1, 0.15) is 35.9 Å². The first-order chi connectivity index (χ1) is 9.15. The smallest absolute Gasteiger partial charge is 0.339 e. The monoisotopic (exact) mass is 264 g/mol. The van der Waals surface area contributed by atoms with Crippen LogP contribution in [0.2, 0.25) is 0 Å². The number of carboxylic acids is 1. The van der Waals surface area contributed by atoms with E-state index >= 15 is 0 Å². The van der Waals surface area contributed by atoms with E-state index in [0.29, 0.717) is 30.0 Å². The second kappa shape index (κ2) is 4.98. The molecule has 1 N–H and O–H groups in total. The van der Waals surface area contributed by atoms with Crippen LogP contribution in [-0.4, -0.2) is 52.6 Å². The summed E-state index contributed by atoms with van der Waals surface area (Å²) in [5.74, 6) is -0.332. The number of hydrogen-bond acceptors (Lipinski definition) is 4. The average Bonchev–Trinajstić information content (AvgIpc) is 2.98. The third-order valence-corrected chi connectivity index (χ3v) is 4.39. The summed E-state index contributed by atoms with van der Waals surface area (Å²) in [6.07, 6.45) is 4.01. The van der Waals surface area contributed by atoms with Crippen molar-refractivity contribution >= 4 is 5.97 Å². The fraction of sp³-hybridized carbons (Fsp3) is 0.643. The molecule has 104 valence electrons. The minimum atomic E-state index is -0.907. The highest BCUT2D eigenvalue weighted by Gasteiger charge is 2.35.